The van der Waals surface area contributed by atoms with Crippen molar-refractivity contribution in [2.75, 3.05) is 6.54 Å². The maximum absolute atomic E-state index is 12.1. The number of nitrogens with two attached hydrogens (primary N) is 1. The van der Waals surface area contributed by atoms with Gasteiger partial charge in [0, 0.05) is 30.1 Å². The molecular weight excluding hydrogens is 326 g/mol. The Kier molecular flexibility index (Phi) is 7.24. The molecular formula is C18H28ClN3O2. The van der Waals surface area contributed by atoms with Gasteiger partial charge in [-0.25, -0.2) is 0 Å². The molecule has 2 rings (SSSR count). The average Bonchev–Trinajstić information content (AvgIpc) is 3.34. The van der Waals surface area contributed by atoms with E-state index in [0.29, 0.717) is 24.6 Å². The first-order valence-corrected chi connectivity index (χ1v) is 8.18. The lowest BCUT2D eigenvalue weighted by Gasteiger charge is -2.17. The van der Waals surface area contributed by atoms with Gasteiger partial charge in [0.2, 0.25) is 5.91 Å². The van der Waals surface area contributed by atoms with E-state index in [1.807, 2.05) is 32.9 Å². The molecule has 1 aromatic carbocycles. The zero-order valence-electron chi connectivity index (χ0n) is 14.6. The summed E-state index contributed by atoms with van der Waals surface area (Å²) in [5.74, 6) is 0.476. The van der Waals surface area contributed by atoms with Gasteiger partial charge in [-0.2, -0.15) is 0 Å². The van der Waals surface area contributed by atoms with E-state index in [0.717, 1.165) is 5.56 Å². The zero-order valence-corrected chi connectivity index (χ0v) is 15.4. The molecule has 24 heavy (non-hydrogen) atoms. The van der Waals surface area contributed by atoms with Crippen LogP contribution >= 0.6 is 12.4 Å². The van der Waals surface area contributed by atoms with Crippen LogP contribution in [0, 0.1) is 11.3 Å². The molecule has 0 bridgehead atoms. The Balaban J connectivity index is 0.00000288. The van der Waals surface area contributed by atoms with Crippen LogP contribution in [0.5, 0.6) is 0 Å². The van der Waals surface area contributed by atoms with Crippen molar-refractivity contribution in [3.05, 3.63) is 35.4 Å². The molecule has 0 radical (unpaired) electrons. The number of carbonyl (C=O) groups is 2. The van der Waals surface area contributed by atoms with Crippen LogP contribution in [-0.2, 0) is 11.3 Å². The fourth-order valence-corrected chi connectivity index (χ4v) is 2.23. The topological polar surface area (TPSA) is 84.2 Å². The molecule has 1 saturated carbocycles. The fourth-order valence-electron chi connectivity index (χ4n) is 2.23. The second-order valence-corrected chi connectivity index (χ2v) is 7.34. The smallest absolute Gasteiger partial charge is 0.251 e. The lowest BCUT2D eigenvalue weighted by Crippen LogP contribution is -2.38. The van der Waals surface area contributed by atoms with Crippen molar-refractivity contribution in [3.8, 4) is 0 Å². The van der Waals surface area contributed by atoms with Gasteiger partial charge in [-0.15, -0.1) is 12.4 Å². The van der Waals surface area contributed by atoms with E-state index >= 15 is 0 Å². The first kappa shape index (κ1) is 20.5. The largest absolute Gasteiger partial charge is 0.352 e. The number of nitrogens with one attached hydrogen (secondary N) is 2. The second kappa shape index (κ2) is 8.49. The zero-order chi connectivity index (χ0) is 17.0. The Morgan fingerprint density at radius 2 is 1.75 bits per heavy atom. The van der Waals surface area contributed by atoms with Crippen LogP contribution in [-0.4, -0.2) is 24.4 Å². The summed E-state index contributed by atoms with van der Waals surface area (Å²) >= 11 is 0. The van der Waals surface area contributed by atoms with Gasteiger partial charge >= 0.3 is 0 Å². The molecule has 1 aliphatic carbocycles. The first-order valence-electron chi connectivity index (χ1n) is 8.18. The summed E-state index contributed by atoms with van der Waals surface area (Å²) in [4.78, 5) is 23.9. The molecule has 1 aliphatic rings. The predicted octanol–water partition coefficient (Wildman–Crippen LogP) is 2.24. The summed E-state index contributed by atoms with van der Waals surface area (Å²) in [7, 11) is 0. The summed E-state index contributed by atoms with van der Waals surface area (Å²) in [5, 5.41) is 5.77. The maximum atomic E-state index is 12.1. The van der Waals surface area contributed by atoms with Crippen LogP contribution in [0.1, 0.15) is 49.5 Å². The average molecular weight is 354 g/mol. The van der Waals surface area contributed by atoms with Crippen molar-refractivity contribution in [2.45, 2.75) is 46.2 Å². The maximum Gasteiger partial charge on any atom is 0.251 e. The number of hydrogen-bond acceptors (Lipinski definition) is 3. The third kappa shape index (κ3) is 6.13. The van der Waals surface area contributed by atoms with Crippen molar-refractivity contribution in [1.29, 1.82) is 0 Å². The lowest BCUT2D eigenvalue weighted by molar-refractivity contribution is -0.128. The molecule has 1 fully saturated rings. The summed E-state index contributed by atoms with van der Waals surface area (Å²) in [6.45, 7) is 6.61. The van der Waals surface area contributed by atoms with Gasteiger partial charge in [0.15, 0.2) is 0 Å². The molecule has 0 aliphatic heterocycles. The lowest BCUT2D eigenvalue weighted by atomic mass is 9.95. The van der Waals surface area contributed by atoms with Gasteiger partial charge in [-0.05, 0) is 36.5 Å². The Morgan fingerprint density at radius 1 is 1.17 bits per heavy atom. The molecule has 0 aromatic heterocycles. The van der Waals surface area contributed by atoms with Crippen LogP contribution in [0.2, 0.25) is 0 Å². The number of halogens is 1. The van der Waals surface area contributed by atoms with Gasteiger partial charge in [0.25, 0.3) is 5.91 Å². The standard InChI is InChI=1S/C18H27N3O2.ClH/c1-18(2,3)17(23)21-10-12-4-6-14(7-5-12)16(22)20-11-15(19)13-8-9-13;/h4-7,13,15H,8-11,19H2,1-3H3,(H,20,22)(H,21,23);1H. The van der Waals surface area contributed by atoms with Crippen LogP contribution in [0.3, 0.4) is 0 Å². The minimum atomic E-state index is -0.403. The van der Waals surface area contributed by atoms with Crippen LogP contribution in [0.25, 0.3) is 0 Å². The van der Waals surface area contributed by atoms with Crippen molar-refractivity contribution in [1.82, 2.24) is 10.6 Å². The van der Waals surface area contributed by atoms with Crippen molar-refractivity contribution >= 4 is 24.2 Å². The SMILES string of the molecule is CC(C)(C)C(=O)NCc1ccc(C(=O)NCC(N)C2CC2)cc1.Cl. The highest BCUT2D eigenvalue weighted by molar-refractivity contribution is 5.94. The number of amides is 2. The highest BCUT2D eigenvalue weighted by atomic mass is 35.5. The second-order valence-electron chi connectivity index (χ2n) is 7.34. The number of rotatable bonds is 6. The molecule has 1 aromatic rings. The molecule has 5 nitrogen and oxygen atoms in total. The van der Waals surface area contributed by atoms with E-state index in [1.54, 1.807) is 12.1 Å². The minimum Gasteiger partial charge on any atom is -0.352 e. The van der Waals surface area contributed by atoms with Gasteiger partial charge in [0.1, 0.15) is 0 Å². The highest BCUT2D eigenvalue weighted by Crippen LogP contribution is 2.31. The van der Waals surface area contributed by atoms with E-state index in [9.17, 15) is 9.59 Å². The highest BCUT2D eigenvalue weighted by Gasteiger charge is 2.28. The Bertz CT molecular complexity index is 563. The molecule has 0 spiro atoms. The quantitative estimate of drug-likeness (QED) is 0.733. The van der Waals surface area contributed by atoms with Gasteiger partial charge in [0.05, 0.1) is 0 Å². The molecule has 4 N–H and O–H groups in total. The van der Waals surface area contributed by atoms with Crippen LogP contribution in [0.15, 0.2) is 24.3 Å². The van der Waals surface area contributed by atoms with Gasteiger partial charge in [-0.1, -0.05) is 32.9 Å². The summed E-state index contributed by atoms with van der Waals surface area (Å²) in [5.41, 5.74) is 7.15. The molecule has 0 saturated heterocycles. The third-order valence-electron chi connectivity index (χ3n) is 4.08. The molecule has 1 unspecified atom stereocenters. The van der Waals surface area contributed by atoms with Gasteiger partial charge in [-0.3, -0.25) is 9.59 Å². The van der Waals surface area contributed by atoms with Crippen LogP contribution < -0.4 is 16.4 Å². The summed E-state index contributed by atoms with van der Waals surface area (Å²) in [6, 6.07) is 7.33. The van der Waals surface area contributed by atoms with E-state index in [2.05, 4.69) is 10.6 Å². The molecule has 2 amide bonds. The van der Waals surface area contributed by atoms with E-state index in [1.165, 1.54) is 12.8 Å². The normalized spacial score (nSPS) is 15.2. The van der Waals surface area contributed by atoms with Crippen LogP contribution in [0.4, 0.5) is 0 Å². The molecule has 1 atom stereocenters. The fraction of sp³-hybridized carbons (Fsp3) is 0.556. The third-order valence-corrected chi connectivity index (χ3v) is 4.08. The van der Waals surface area contributed by atoms with Gasteiger partial charge < -0.3 is 16.4 Å². The van der Waals surface area contributed by atoms with Crippen molar-refractivity contribution in [3.63, 3.8) is 0 Å². The molecule has 134 valence electrons. The summed E-state index contributed by atoms with van der Waals surface area (Å²) in [6.07, 6.45) is 2.35. The van der Waals surface area contributed by atoms with E-state index in [4.69, 9.17) is 5.73 Å². The summed E-state index contributed by atoms with van der Waals surface area (Å²) < 4.78 is 0. The monoisotopic (exact) mass is 353 g/mol. The minimum absolute atomic E-state index is 0. The number of carbonyl (C=O) groups excluding carboxylic acids is 2. The van der Waals surface area contributed by atoms with Crippen molar-refractivity contribution in [2.24, 2.45) is 17.1 Å². The molecule has 6 heteroatoms. The molecule has 0 heterocycles. The number of benzene rings is 1. The van der Waals surface area contributed by atoms with E-state index < -0.39 is 5.41 Å². The first-order chi connectivity index (χ1) is 10.8. The number of hydrogen-bond donors (Lipinski definition) is 3. The Hall–Kier alpha value is -1.59. The Labute approximate surface area is 150 Å². The van der Waals surface area contributed by atoms with E-state index in [-0.39, 0.29) is 30.3 Å². The Morgan fingerprint density at radius 3 is 2.25 bits per heavy atom. The van der Waals surface area contributed by atoms with Crippen molar-refractivity contribution < 1.29 is 9.59 Å². The predicted molar refractivity (Wildman–Crippen MR) is 98.0 cm³/mol.